The van der Waals surface area contributed by atoms with E-state index in [1.807, 2.05) is 24.3 Å². The fraction of sp³-hybridized carbons (Fsp3) is 0.400. The van der Waals surface area contributed by atoms with Gasteiger partial charge in [-0.2, -0.15) is 0 Å². The van der Waals surface area contributed by atoms with Gasteiger partial charge in [-0.3, -0.25) is 4.90 Å². The number of ether oxygens (including phenoxy) is 1. The van der Waals surface area contributed by atoms with Crippen molar-refractivity contribution in [2.45, 2.75) is 24.8 Å². The molecule has 0 saturated carbocycles. The van der Waals surface area contributed by atoms with Crippen LogP contribution in [0.2, 0.25) is 0 Å². The summed E-state index contributed by atoms with van der Waals surface area (Å²) in [5.41, 5.74) is 0.740. The molecule has 1 aromatic rings. The highest BCUT2D eigenvalue weighted by Crippen LogP contribution is 2.31. The van der Waals surface area contributed by atoms with Crippen LogP contribution in [-0.4, -0.2) is 25.2 Å². The maximum absolute atomic E-state index is 12.2. The smallest absolute Gasteiger partial charge is 0.322 e. The Morgan fingerprint density at radius 3 is 2.74 bits per heavy atom. The molecule has 1 aliphatic carbocycles. The Morgan fingerprint density at radius 2 is 2.11 bits per heavy atom. The number of hydrogen-bond acceptors (Lipinski definition) is 2. The quantitative estimate of drug-likeness (QED) is 0.829. The number of hydrogen-bond donors (Lipinski definition) is 1. The third-order valence-corrected chi connectivity index (χ3v) is 3.86. The van der Waals surface area contributed by atoms with Gasteiger partial charge in [0, 0.05) is 5.69 Å². The first-order chi connectivity index (χ1) is 9.22. The molecular weight excluding hydrogens is 240 g/mol. The number of methoxy groups -OCH3 is 1. The molecule has 1 N–H and O–H groups in total. The van der Waals surface area contributed by atoms with Crippen LogP contribution in [-0.2, 0) is 0 Å². The molecule has 100 valence electrons. The largest absolute Gasteiger partial charge is 0.497 e. The number of urea groups is 1. The van der Waals surface area contributed by atoms with Crippen molar-refractivity contribution in [1.82, 2.24) is 5.32 Å². The molecule has 1 atom stereocenters. The molecule has 3 rings (SSSR count). The van der Waals surface area contributed by atoms with Gasteiger partial charge in [0.15, 0.2) is 0 Å². The monoisotopic (exact) mass is 258 g/mol. The molecular formula is C15H18N2O2. The first-order valence-electron chi connectivity index (χ1n) is 6.64. The van der Waals surface area contributed by atoms with E-state index in [9.17, 15) is 4.79 Å². The Labute approximate surface area is 113 Å². The first kappa shape index (κ1) is 12.1. The molecule has 1 spiro atoms. The Kier molecular flexibility index (Phi) is 2.93. The van der Waals surface area contributed by atoms with Gasteiger partial charge < -0.3 is 10.1 Å². The molecule has 1 fully saturated rings. The van der Waals surface area contributed by atoms with E-state index in [1.54, 1.807) is 12.0 Å². The standard InChI is InChI=1S/C15H18N2O2/c1-19-13-7-5-12(6-8-13)17-11-15(16-14(17)18)9-3-2-4-10-15/h3,5-9H,2,4,10-11H2,1H3,(H,16,18). The highest BCUT2D eigenvalue weighted by atomic mass is 16.5. The lowest BCUT2D eigenvalue weighted by Gasteiger charge is -2.27. The van der Waals surface area contributed by atoms with Crippen LogP contribution in [0.4, 0.5) is 10.5 Å². The van der Waals surface area contributed by atoms with Gasteiger partial charge in [-0.1, -0.05) is 12.2 Å². The highest BCUT2D eigenvalue weighted by molar-refractivity contribution is 5.95. The van der Waals surface area contributed by atoms with Crippen molar-refractivity contribution in [3.63, 3.8) is 0 Å². The number of allylic oxidation sites excluding steroid dienone is 1. The maximum Gasteiger partial charge on any atom is 0.322 e. The van der Waals surface area contributed by atoms with Crippen molar-refractivity contribution in [2.75, 3.05) is 18.6 Å². The Morgan fingerprint density at radius 1 is 1.32 bits per heavy atom. The summed E-state index contributed by atoms with van der Waals surface area (Å²) in [4.78, 5) is 14.0. The topological polar surface area (TPSA) is 41.6 Å². The lowest BCUT2D eigenvalue weighted by Crippen LogP contribution is -2.42. The summed E-state index contributed by atoms with van der Waals surface area (Å²) in [6.07, 6.45) is 7.58. The summed E-state index contributed by atoms with van der Waals surface area (Å²) in [5.74, 6) is 0.802. The van der Waals surface area contributed by atoms with Gasteiger partial charge in [0.2, 0.25) is 0 Å². The average Bonchev–Trinajstić information content (AvgIpc) is 2.76. The number of nitrogens with one attached hydrogen (secondary N) is 1. The van der Waals surface area contributed by atoms with Gasteiger partial charge in [-0.25, -0.2) is 4.79 Å². The van der Waals surface area contributed by atoms with Crippen molar-refractivity contribution >= 4 is 11.7 Å². The number of carbonyl (C=O) groups excluding carboxylic acids is 1. The van der Waals surface area contributed by atoms with Gasteiger partial charge in [-0.15, -0.1) is 0 Å². The molecule has 4 nitrogen and oxygen atoms in total. The number of carbonyl (C=O) groups is 1. The second-order valence-electron chi connectivity index (χ2n) is 5.17. The second kappa shape index (κ2) is 4.61. The maximum atomic E-state index is 12.2. The van der Waals surface area contributed by atoms with Crippen LogP contribution in [0.15, 0.2) is 36.4 Å². The molecule has 1 heterocycles. The summed E-state index contributed by atoms with van der Waals surface area (Å²) in [7, 11) is 1.64. The fourth-order valence-electron chi connectivity index (χ4n) is 2.81. The molecule has 2 amide bonds. The van der Waals surface area contributed by atoms with E-state index in [1.165, 1.54) is 0 Å². The van der Waals surface area contributed by atoms with Crippen LogP contribution in [0.3, 0.4) is 0 Å². The third-order valence-electron chi connectivity index (χ3n) is 3.86. The van der Waals surface area contributed by atoms with Crippen molar-refractivity contribution in [1.29, 1.82) is 0 Å². The van der Waals surface area contributed by atoms with Crippen LogP contribution < -0.4 is 15.0 Å². The third kappa shape index (κ3) is 2.18. The van der Waals surface area contributed by atoms with Crippen LogP contribution in [0.5, 0.6) is 5.75 Å². The minimum Gasteiger partial charge on any atom is -0.497 e. The van der Waals surface area contributed by atoms with E-state index in [0.29, 0.717) is 6.54 Å². The van der Waals surface area contributed by atoms with Crippen molar-refractivity contribution in [3.05, 3.63) is 36.4 Å². The lowest BCUT2D eigenvalue weighted by molar-refractivity contribution is 0.248. The van der Waals surface area contributed by atoms with Gasteiger partial charge in [0.25, 0.3) is 0 Å². The Balaban J connectivity index is 1.83. The van der Waals surface area contributed by atoms with E-state index in [-0.39, 0.29) is 11.6 Å². The first-order valence-corrected chi connectivity index (χ1v) is 6.64. The summed E-state index contributed by atoms with van der Waals surface area (Å²) in [5, 5.41) is 3.12. The van der Waals surface area contributed by atoms with Crippen LogP contribution >= 0.6 is 0 Å². The SMILES string of the molecule is COc1ccc(N2CC3(C=CCCC3)NC2=O)cc1. The molecule has 2 aliphatic rings. The number of amides is 2. The second-order valence-corrected chi connectivity index (χ2v) is 5.17. The van der Waals surface area contributed by atoms with Crippen molar-refractivity contribution in [3.8, 4) is 5.75 Å². The van der Waals surface area contributed by atoms with Crippen molar-refractivity contribution in [2.24, 2.45) is 0 Å². The molecule has 1 saturated heterocycles. The molecule has 1 aliphatic heterocycles. The molecule has 4 heteroatoms. The summed E-state index contributed by atoms with van der Waals surface area (Å²) >= 11 is 0. The van der Waals surface area contributed by atoms with Gasteiger partial charge in [0.05, 0.1) is 19.2 Å². The molecule has 1 aromatic carbocycles. The summed E-state index contributed by atoms with van der Waals surface area (Å²) in [6.45, 7) is 0.703. The number of benzene rings is 1. The van der Waals surface area contributed by atoms with Crippen LogP contribution in [0.25, 0.3) is 0 Å². The molecule has 19 heavy (non-hydrogen) atoms. The minimum atomic E-state index is -0.171. The zero-order chi connectivity index (χ0) is 13.3. The predicted molar refractivity (Wildman–Crippen MR) is 74.6 cm³/mol. The zero-order valence-electron chi connectivity index (χ0n) is 11.1. The van der Waals surface area contributed by atoms with Gasteiger partial charge in [0.1, 0.15) is 5.75 Å². The van der Waals surface area contributed by atoms with E-state index in [0.717, 1.165) is 30.7 Å². The Hall–Kier alpha value is -1.97. The van der Waals surface area contributed by atoms with Crippen LogP contribution in [0, 0.1) is 0 Å². The average molecular weight is 258 g/mol. The zero-order valence-corrected chi connectivity index (χ0v) is 11.1. The normalized spacial score (nSPS) is 25.7. The van der Waals surface area contributed by atoms with Gasteiger partial charge in [-0.05, 0) is 43.5 Å². The highest BCUT2D eigenvalue weighted by Gasteiger charge is 2.41. The van der Waals surface area contributed by atoms with E-state index in [2.05, 4.69) is 17.5 Å². The molecule has 0 aromatic heterocycles. The lowest BCUT2D eigenvalue weighted by atomic mass is 9.88. The molecule has 1 unspecified atom stereocenters. The summed E-state index contributed by atoms with van der Waals surface area (Å²) in [6, 6.07) is 7.58. The fourth-order valence-corrected chi connectivity index (χ4v) is 2.81. The molecule has 0 bridgehead atoms. The number of nitrogens with zero attached hydrogens (tertiary/aromatic N) is 1. The van der Waals surface area contributed by atoms with Crippen LogP contribution in [0.1, 0.15) is 19.3 Å². The predicted octanol–water partition coefficient (Wildman–Crippen LogP) is 2.70. The van der Waals surface area contributed by atoms with Gasteiger partial charge >= 0.3 is 6.03 Å². The molecule has 0 radical (unpaired) electrons. The summed E-state index contributed by atoms with van der Waals surface area (Å²) < 4.78 is 5.14. The minimum absolute atomic E-state index is 0.0169. The van der Waals surface area contributed by atoms with E-state index < -0.39 is 0 Å². The van der Waals surface area contributed by atoms with Crippen molar-refractivity contribution < 1.29 is 9.53 Å². The van der Waals surface area contributed by atoms with E-state index >= 15 is 0 Å². The van der Waals surface area contributed by atoms with E-state index in [4.69, 9.17) is 4.74 Å². The number of rotatable bonds is 2. The Bertz CT molecular complexity index is 509. The number of anilines is 1.